The van der Waals surface area contributed by atoms with E-state index in [2.05, 4.69) is 15.0 Å². The van der Waals surface area contributed by atoms with Gasteiger partial charge in [0.15, 0.2) is 5.82 Å². The first-order chi connectivity index (χ1) is 10.2. The quantitative estimate of drug-likeness (QED) is 0.801. The first-order valence-electron chi connectivity index (χ1n) is 6.98. The maximum atomic E-state index is 12.0. The van der Waals surface area contributed by atoms with Crippen molar-refractivity contribution in [1.82, 2.24) is 14.9 Å². The minimum atomic E-state index is -0.844. The van der Waals surface area contributed by atoms with Gasteiger partial charge in [-0.2, -0.15) is 0 Å². The maximum absolute atomic E-state index is 12.0. The number of hydrogen-bond acceptors (Lipinski definition) is 7. The average Bonchev–Trinajstić information content (AvgIpc) is 2.75. The normalized spacial score (nSPS) is 20.5. The lowest BCUT2D eigenvalue weighted by molar-refractivity contribution is 0.0270. The Hall–Kier alpha value is -2.22. The number of aromatic nitrogens is 2. The highest BCUT2D eigenvalue weighted by Crippen LogP contribution is 2.21. The van der Waals surface area contributed by atoms with E-state index in [9.17, 15) is 9.90 Å². The van der Waals surface area contributed by atoms with Crippen LogP contribution in [-0.4, -0.2) is 56.6 Å². The van der Waals surface area contributed by atoms with Gasteiger partial charge >= 0.3 is 6.09 Å². The van der Waals surface area contributed by atoms with E-state index in [1.54, 1.807) is 27.7 Å². The van der Waals surface area contributed by atoms with E-state index in [-0.39, 0.29) is 13.1 Å². The van der Waals surface area contributed by atoms with E-state index >= 15 is 0 Å². The fourth-order valence-corrected chi connectivity index (χ4v) is 1.96. The summed E-state index contributed by atoms with van der Waals surface area (Å²) in [5.41, 5.74) is 6.21. The highest BCUT2D eigenvalue weighted by molar-refractivity contribution is 5.97. The van der Waals surface area contributed by atoms with Crippen LogP contribution in [-0.2, 0) is 4.74 Å². The molecule has 120 valence electrons. The molecule has 2 heterocycles. The van der Waals surface area contributed by atoms with E-state index in [1.165, 1.54) is 11.2 Å². The number of carbonyl (C=O) groups is 1. The van der Waals surface area contributed by atoms with Crippen LogP contribution in [0.3, 0.4) is 0 Å². The number of hydrogen-bond donors (Lipinski definition) is 2. The van der Waals surface area contributed by atoms with Crippen LogP contribution in [0.15, 0.2) is 11.3 Å². The molecule has 8 heteroatoms. The number of aliphatic hydroxyl groups is 1. The molecule has 0 aliphatic carbocycles. The minimum absolute atomic E-state index is 0.146. The van der Waals surface area contributed by atoms with E-state index in [4.69, 9.17) is 10.5 Å². The van der Waals surface area contributed by atoms with E-state index < -0.39 is 17.8 Å². The number of aliphatic hydroxyl groups excluding tert-OH is 1. The molecule has 1 fully saturated rings. The van der Waals surface area contributed by atoms with Crippen molar-refractivity contribution in [1.29, 1.82) is 0 Å². The summed E-state index contributed by atoms with van der Waals surface area (Å²) in [7, 11) is 0. The molecule has 8 nitrogen and oxygen atoms in total. The van der Waals surface area contributed by atoms with Gasteiger partial charge in [0.1, 0.15) is 23.9 Å². The highest BCUT2D eigenvalue weighted by atomic mass is 16.6. The van der Waals surface area contributed by atoms with Gasteiger partial charge < -0.3 is 15.6 Å². The molecule has 0 spiro atoms. The van der Waals surface area contributed by atoms with Crippen molar-refractivity contribution >= 4 is 23.4 Å². The summed E-state index contributed by atoms with van der Waals surface area (Å²) >= 11 is 0. The Balaban J connectivity index is 2.16. The fraction of sp³-hybridized carbons (Fsp3) is 0.571. The second kappa shape index (κ2) is 5.88. The largest absolute Gasteiger partial charge is 0.444 e. The van der Waals surface area contributed by atoms with Crippen molar-refractivity contribution in [3.05, 3.63) is 11.9 Å². The van der Waals surface area contributed by atoms with E-state index in [0.29, 0.717) is 22.9 Å². The zero-order valence-electron chi connectivity index (χ0n) is 13.2. The van der Waals surface area contributed by atoms with Crippen molar-refractivity contribution in [3.63, 3.8) is 0 Å². The van der Waals surface area contributed by atoms with Crippen molar-refractivity contribution in [3.8, 4) is 0 Å². The number of ether oxygens (including phenoxy) is 1. The lowest BCUT2D eigenvalue weighted by Gasteiger charge is -2.23. The van der Waals surface area contributed by atoms with Crippen LogP contribution in [0.5, 0.6) is 0 Å². The Morgan fingerprint density at radius 1 is 1.50 bits per heavy atom. The summed E-state index contributed by atoms with van der Waals surface area (Å²) < 4.78 is 5.29. The first kappa shape index (κ1) is 16.2. The van der Waals surface area contributed by atoms with Crippen LogP contribution in [0, 0.1) is 6.92 Å². The Morgan fingerprint density at radius 3 is 2.82 bits per heavy atom. The molecular weight excluding hydrogens is 286 g/mol. The van der Waals surface area contributed by atoms with Gasteiger partial charge in [0, 0.05) is 5.56 Å². The number of β-amino-alcohol motifs (C(OH)–C–C–N with tert-alkyl or cyclic N) is 1. The van der Waals surface area contributed by atoms with Gasteiger partial charge in [-0.05, 0) is 27.7 Å². The average molecular weight is 307 g/mol. The molecule has 1 atom stereocenters. The number of anilines is 1. The second-order valence-corrected chi connectivity index (χ2v) is 6.19. The summed E-state index contributed by atoms with van der Waals surface area (Å²) in [4.78, 5) is 25.7. The molecule has 1 aromatic heterocycles. The molecule has 1 aliphatic heterocycles. The number of amides is 1. The number of nitrogens with zero attached hydrogens (tertiary/aromatic N) is 4. The monoisotopic (exact) mass is 307 g/mol. The lowest BCUT2D eigenvalue weighted by Crippen LogP contribution is -2.35. The Kier molecular flexibility index (Phi) is 4.32. The predicted molar refractivity (Wildman–Crippen MR) is 82.1 cm³/mol. The minimum Gasteiger partial charge on any atom is -0.444 e. The molecule has 1 aliphatic rings. The van der Waals surface area contributed by atoms with Gasteiger partial charge in [-0.1, -0.05) is 0 Å². The standard InChI is InChI=1S/C14H21N5O3/c1-8-11(15)16-7-17-12(8)18-9-5-19(6-10(9)20)13(21)22-14(2,3)4/h7,10,20H,5-6H2,1-4H3,(H2,15,16,17)/t10-/m0/s1. The molecule has 1 saturated heterocycles. The van der Waals surface area contributed by atoms with Crippen molar-refractivity contribution in [2.24, 2.45) is 4.99 Å². The summed E-state index contributed by atoms with van der Waals surface area (Å²) in [6.07, 6.45) is -0.00639. The maximum Gasteiger partial charge on any atom is 0.410 e. The fourth-order valence-electron chi connectivity index (χ4n) is 1.96. The molecule has 22 heavy (non-hydrogen) atoms. The number of nitrogen functional groups attached to an aromatic ring is 1. The number of carbonyl (C=O) groups excluding carboxylic acids is 1. The topological polar surface area (TPSA) is 114 Å². The third-order valence-corrected chi connectivity index (χ3v) is 3.13. The van der Waals surface area contributed by atoms with Gasteiger partial charge in [0.05, 0.1) is 18.8 Å². The van der Waals surface area contributed by atoms with Crippen LogP contribution < -0.4 is 5.73 Å². The highest BCUT2D eigenvalue weighted by Gasteiger charge is 2.33. The summed E-state index contributed by atoms with van der Waals surface area (Å²) in [5, 5.41) is 10.1. The van der Waals surface area contributed by atoms with Crippen LogP contribution in [0.4, 0.5) is 16.4 Å². The summed E-state index contributed by atoms with van der Waals surface area (Å²) in [6, 6.07) is 0. The Labute approximate surface area is 129 Å². The molecule has 0 saturated carbocycles. The Bertz CT molecular complexity index is 609. The van der Waals surface area contributed by atoms with Gasteiger partial charge in [-0.3, -0.25) is 4.90 Å². The summed E-state index contributed by atoms with van der Waals surface area (Å²) in [5.74, 6) is 0.735. The smallest absolute Gasteiger partial charge is 0.410 e. The number of aliphatic imine (C=N–C) groups is 1. The lowest BCUT2D eigenvalue weighted by atomic mass is 10.2. The molecule has 1 amide bonds. The molecule has 3 N–H and O–H groups in total. The van der Waals surface area contributed by atoms with E-state index in [0.717, 1.165) is 0 Å². The van der Waals surface area contributed by atoms with Crippen LogP contribution in [0.25, 0.3) is 0 Å². The van der Waals surface area contributed by atoms with Crippen molar-refractivity contribution in [2.75, 3.05) is 18.8 Å². The van der Waals surface area contributed by atoms with Gasteiger partial charge in [-0.25, -0.2) is 19.8 Å². The zero-order valence-corrected chi connectivity index (χ0v) is 13.2. The van der Waals surface area contributed by atoms with Crippen molar-refractivity contribution < 1.29 is 14.6 Å². The molecule has 0 radical (unpaired) electrons. The molecule has 0 aromatic carbocycles. The second-order valence-electron chi connectivity index (χ2n) is 6.19. The molecule has 0 bridgehead atoms. The van der Waals surface area contributed by atoms with Crippen LogP contribution >= 0.6 is 0 Å². The number of likely N-dealkylation sites (tertiary alicyclic amines) is 1. The van der Waals surface area contributed by atoms with Gasteiger partial charge in [0.25, 0.3) is 0 Å². The number of rotatable bonds is 1. The zero-order chi connectivity index (χ0) is 16.5. The van der Waals surface area contributed by atoms with Gasteiger partial charge in [0.2, 0.25) is 0 Å². The Morgan fingerprint density at radius 2 is 2.18 bits per heavy atom. The predicted octanol–water partition coefficient (Wildman–Crippen LogP) is 1.05. The van der Waals surface area contributed by atoms with Crippen LogP contribution in [0.2, 0.25) is 0 Å². The van der Waals surface area contributed by atoms with Crippen LogP contribution in [0.1, 0.15) is 26.3 Å². The molecule has 0 unspecified atom stereocenters. The van der Waals surface area contributed by atoms with Crippen molar-refractivity contribution in [2.45, 2.75) is 39.4 Å². The molecule has 1 aromatic rings. The molecular formula is C14H21N5O3. The van der Waals surface area contributed by atoms with E-state index in [1.807, 2.05) is 0 Å². The first-order valence-corrected chi connectivity index (χ1v) is 6.98. The molecule has 2 rings (SSSR count). The number of nitrogens with two attached hydrogens (primary N) is 1. The SMILES string of the molecule is Cc1c(N)ncnc1N=C1CN(C(=O)OC(C)(C)C)C[C@@H]1O. The third-order valence-electron chi connectivity index (χ3n) is 3.13. The van der Waals surface area contributed by atoms with Gasteiger partial charge in [-0.15, -0.1) is 0 Å². The third kappa shape index (κ3) is 3.70. The summed E-state index contributed by atoms with van der Waals surface area (Å²) in [6.45, 7) is 7.47.